The second kappa shape index (κ2) is 9.04. The van der Waals surface area contributed by atoms with Gasteiger partial charge < -0.3 is 20.3 Å². The van der Waals surface area contributed by atoms with Crippen molar-refractivity contribution in [3.63, 3.8) is 0 Å². The molecule has 26 heavy (non-hydrogen) atoms. The maximum absolute atomic E-state index is 12.8. The van der Waals surface area contributed by atoms with Gasteiger partial charge in [0, 0.05) is 26.8 Å². The molecular formula is C18H25Cl2N3O3. The first kappa shape index (κ1) is 21.0. The van der Waals surface area contributed by atoms with Crippen molar-refractivity contribution in [2.45, 2.75) is 31.3 Å². The van der Waals surface area contributed by atoms with Crippen LogP contribution in [0, 0.1) is 5.92 Å². The number of nitrogens with two attached hydrogens (primary N) is 1. The van der Waals surface area contributed by atoms with Crippen LogP contribution in [0.1, 0.15) is 19.3 Å². The molecule has 3 rings (SSSR count). The van der Waals surface area contributed by atoms with E-state index in [1.165, 1.54) is 4.90 Å². The first-order valence-corrected chi connectivity index (χ1v) is 9.04. The van der Waals surface area contributed by atoms with Gasteiger partial charge >= 0.3 is 0 Å². The molecule has 1 aromatic carbocycles. The van der Waals surface area contributed by atoms with E-state index < -0.39 is 12.1 Å². The Morgan fingerprint density at radius 1 is 1.31 bits per heavy atom. The van der Waals surface area contributed by atoms with Crippen LogP contribution in [-0.2, 0) is 14.3 Å². The molecule has 2 unspecified atom stereocenters. The van der Waals surface area contributed by atoms with Crippen LogP contribution >= 0.6 is 24.0 Å². The van der Waals surface area contributed by atoms with Crippen LogP contribution in [0.5, 0.6) is 0 Å². The molecular weight excluding hydrogens is 377 g/mol. The average molecular weight is 402 g/mol. The van der Waals surface area contributed by atoms with E-state index >= 15 is 0 Å². The lowest BCUT2D eigenvalue weighted by Gasteiger charge is -2.32. The number of rotatable bonds is 4. The van der Waals surface area contributed by atoms with Gasteiger partial charge in [0.15, 0.2) is 0 Å². The van der Waals surface area contributed by atoms with E-state index in [-0.39, 0.29) is 30.1 Å². The van der Waals surface area contributed by atoms with Crippen molar-refractivity contribution in [2.75, 3.05) is 31.7 Å². The summed E-state index contributed by atoms with van der Waals surface area (Å²) >= 11 is 6.21. The van der Waals surface area contributed by atoms with Gasteiger partial charge in [-0.1, -0.05) is 23.7 Å². The normalized spacial score (nSPS) is 22.0. The number of hydrogen-bond acceptors (Lipinski definition) is 4. The molecule has 8 heteroatoms. The lowest BCUT2D eigenvalue weighted by atomic mass is 9.91. The first-order chi connectivity index (χ1) is 12.0. The van der Waals surface area contributed by atoms with Crippen molar-refractivity contribution in [1.29, 1.82) is 0 Å². The smallest absolute Gasteiger partial charge is 0.249 e. The van der Waals surface area contributed by atoms with Crippen LogP contribution in [0.25, 0.3) is 0 Å². The molecule has 2 aliphatic heterocycles. The van der Waals surface area contributed by atoms with E-state index in [9.17, 15) is 9.59 Å². The number of nitrogens with zero attached hydrogens (tertiary/aromatic N) is 2. The SMILES string of the molecule is CN(C(=O)C(N)C1CCOCC1)C1CCN(c2ccccc2Cl)C1=O.Cl. The molecule has 0 spiro atoms. The molecule has 0 aromatic heterocycles. The van der Waals surface area contributed by atoms with Crippen LogP contribution in [0.3, 0.4) is 0 Å². The largest absolute Gasteiger partial charge is 0.381 e. The number of hydrogen-bond donors (Lipinski definition) is 1. The maximum Gasteiger partial charge on any atom is 0.249 e. The number of carbonyl (C=O) groups excluding carboxylic acids is 2. The van der Waals surface area contributed by atoms with Gasteiger partial charge in [-0.05, 0) is 37.3 Å². The molecule has 1 aromatic rings. The van der Waals surface area contributed by atoms with Crippen LogP contribution < -0.4 is 10.6 Å². The average Bonchev–Trinajstić information content (AvgIpc) is 3.02. The molecule has 2 heterocycles. The minimum atomic E-state index is -0.587. The van der Waals surface area contributed by atoms with Crippen molar-refractivity contribution in [3.8, 4) is 0 Å². The summed E-state index contributed by atoms with van der Waals surface area (Å²) in [6.45, 7) is 1.81. The monoisotopic (exact) mass is 401 g/mol. The summed E-state index contributed by atoms with van der Waals surface area (Å²) in [7, 11) is 1.67. The second-order valence-electron chi connectivity index (χ2n) is 6.67. The van der Waals surface area contributed by atoms with Gasteiger partial charge in [-0.3, -0.25) is 9.59 Å². The van der Waals surface area contributed by atoms with Gasteiger partial charge in [-0.2, -0.15) is 0 Å². The zero-order valence-corrected chi connectivity index (χ0v) is 16.3. The van der Waals surface area contributed by atoms with Crippen LogP contribution in [0.15, 0.2) is 24.3 Å². The lowest BCUT2D eigenvalue weighted by Crippen LogP contribution is -2.52. The third kappa shape index (κ3) is 4.14. The molecule has 2 N–H and O–H groups in total. The quantitative estimate of drug-likeness (QED) is 0.837. The minimum Gasteiger partial charge on any atom is -0.381 e. The third-order valence-corrected chi connectivity index (χ3v) is 5.51. The number of halogens is 2. The Morgan fingerprint density at radius 2 is 1.96 bits per heavy atom. The zero-order valence-electron chi connectivity index (χ0n) is 14.8. The van der Waals surface area contributed by atoms with E-state index in [2.05, 4.69) is 0 Å². The van der Waals surface area contributed by atoms with Crippen molar-refractivity contribution in [1.82, 2.24) is 4.90 Å². The molecule has 0 aliphatic carbocycles. The molecule has 2 aliphatic rings. The fourth-order valence-corrected chi connectivity index (χ4v) is 3.84. The standard InChI is InChI=1S/C18H24ClN3O3.ClH/c1-21(18(24)16(20)12-7-10-25-11-8-12)15-6-9-22(17(15)23)14-5-3-2-4-13(14)19;/h2-5,12,15-16H,6-11,20H2,1H3;1H. The highest BCUT2D eigenvalue weighted by Crippen LogP contribution is 2.30. The van der Waals surface area contributed by atoms with Crippen LogP contribution in [0.4, 0.5) is 5.69 Å². The number of para-hydroxylation sites is 1. The highest BCUT2D eigenvalue weighted by Gasteiger charge is 2.40. The Morgan fingerprint density at radius 3 is 2.62 bits per heavy atom. The van der Waals surface area contributed by atoms with Gasteiger partial charge in [0.05, 0.1) is 16.8 Å². The van der Waals surface area contributed by atoms with Gasteiger partial charge in [0.25, 0.3) is 0 Å². The van der Waals surface area contributed by atoms with Gasteiger partial charge in [0.2, 0.25) is 11.8 Å². The number of anilines is 1. The number of amides is 2. The Bertz CT molecular complexity index is 652. The molecule has 6 nitrogen and oxygen atoms in total. The summed E-state index contributed by atoms with van der Waals surface area (Å²) in [5.74, 6) is -0.172. The molecule has 144 valence electrons. The Labute approximate surface area is 165 Å². The van der Waals surface area contributed by atoms with Crippen LogP contribution in [-0.4, -0.2) is 55.6 Å². The summed E-state index contributed by atoms with van der Waals surface area (Å²) in [6.07, 6.45) is 2.14. The van der Waals surface area contributed by atoms with E-state index in [4.69, 9.17) is 22.1 Å². The highest BCUT2D eigenvalue weighted by atomic mass is 35.5. The summed E-state index contributed by atoms with van der Waals surface area (Å²) in [5, 5.41) is 0.532. The summed E-state index contributed by atoms with van der Waals surface area (Å²) in [6, 6.07) is 6.17. The van der Waals surface area contributed by atoms with Gasteiger partial charge in [0.1, 0.15) is 6.04 Å². The number of carbonyl (C=O) groups is 2. The van der Waals surface area contributed by atoms with Crippen molar-refractivity contribution in [2.24, 2.45) is 11.7 Å². The fourth-order valence-electron chi connectivity index (χ4n) is 3.60. The summed E-state index contributed by atoms with van der Waals surface area (Å²) < 4.78 is 5.33. The predicted molar refractivity (Wildman–Crippen MR) is 104 cm³/mol. The molecule has 0 radical (unpaired) electrons. The van der Waals surface area contributed by atoms with Gasteiger partial charge in [-0.25, -0.2) is 0 Å². The van der Waals surface area contributed by atoms with E-state index in [1.807, 2.05) is 18.2 Å². The minimum absolute atomic E-state index is 0. The number of ether oxygens (including phenoxy) is 1. The summed E-state index contributed by atoms with van der Waals surface area (Å²) in [5.41, 5.74) is 6.87. The second-order valence-corrected chi connectivity index (χ2v) is 7.08. The van der Waals surface area contributed by atoms with Crippen molar-refractivity contribution < 1.29 is 14.3 Å². The predicted octanol–water partition coefficient (Wildman–Crippen LogP) is 2.08. The van der Waals surface area contributed by atoms with E-state index in [1.54, 1.807) is 18.0 Å². The Hall–Kier alpha value is -1.34. The topological polar surface area (TPSA) is 75.9 Å². The summed E-state index contributed by atoms with van der Waals surface area (Å²) in [4.78, 5) is 28.7. The van der Waals surface area contributed by atoms with Crippen molar-refractivity contribution in [3.05, 3.63) is 29.3 Å². The number of benzene rings is 1. The Balaban J connectivity index is 0.00000243. The van der Waals surface area contributed by atoms with Crippen molar-refractivity contribution >= 4 is 41.5 Å². The highest BCUT2D eigenvalue weighted by molar-refractivity contribution is 6.34. The molecule has 2 saturated heterocycles. The fraction of sp³-hybridized carbons (Fsp3) is 0.556. The van der Waals surface area contributed by atoms with Gasteiger partial charge in [-0.15, -0.1) is 12.4 Å². The lowest BCUT2D eigenvalue weighted by molar-refractivity contribution is -0.139. The Kier molecular flexibility index (Phi) is 7.29. The first-order valence-electron chi connectivity index (χ1n) is 8.66. The third-order valence-electron chi connectivity index (χ3n) is 5.19. The number of likely N-dealkylation sites (N-methyl/N-ethyl adjacent to an activating group) is 1. The zero-order chi connectivity index (χ0) is 18.0. The molecule has 0 saturated carbocycles. The van der Waals surface area contributed by atoms with E-state index in [0.29, 0.717) is 36.9 Å². The van der Waals surface area contributed by atoms with Crippen LogP contribution in [0.2, 0.25) is 5.02 Å². The van der Waals surface area contributed by atoms with E-state index in [0.717, 1.165) is 12.8 Å². The molecule has 2 fully saturated rings. The molecule has 0 bridgehead atoms. The molecule has 2 atom stereocenters. The molecule has 2 amide bonds. The maximum atomic E-state index is 12.8.